The number of hydrogen-bond donors (Lipinski definition) is 1. The molecule has 0 unspecified atom stereocenters. The third-order valence-corrected chi connectivity index (χ3v) is 7.84. The van der Waals surface area contributed by atoms with Crippen LogP contribution < -0.4 is 14.4 Å². The Hall–Kier alpha value is -3.88. The van der Waals surface area contributed by atoms with E-state index in [0.717, 1.165) is 16.0 Å². The maximum Gasteiger partial charge on any atom is 0.301 e. The number of hydrogen-bond acceptors (Lipinski definition) is 7. The van der Waals surface area contributed by atoms with Gasteiger partial charge in [0.25, 0.3) is 5.78 Å². The number of amides is 1. The number of thiazole rings is 1. The van der Waals surface area contributed by atoms with Gasteiger partial charge >= 0.3 is 5.91 Å². The summed E-state index contributed by atoms with van der Waals surface area (Å²) in [4.78, 5) is 32.9. The van der Waals surface area contributed by atoms with E-state index < -0.39 is 17.7 Å². The van der Waals surface area contributed by atoms with Gasteiger partial charge in [0.2, 0.25) is 0 Å². The maximum absolute atomic E-state index is 13.5. The Bertz CT molecular complexity index is 1610. The van der Waals surface area contributed by atoms with Crippen LogP contribution in [0.3, 0.4) is 0 Å². The number of carbonyl (C=O) groups is 2. The van der Waals surface area contributed by atoms with Crippen LogP contribution in [0, 0.1) is 0 Å². The molecule has 2 aliphatic heterocycles. The molecule has 1 aromatic heterocycles. The summed E-state index contributed by atoms with van der Waals surface area (Å²) < 4.78 is 11.8. The predicted molar refractivity (Wildman–Crippen MR) is 143 cm³/mol. The Kier molecular flexibility index (Phi) is 5.66. The number of ether oxygens (including phenoxy) is 2. The van der Waals surface area contributed by atoms with Crippen LogP contribution in [0.1, 0.15) is 29.7 Å². The van der Waals surface area contributed by atoms with Gasteiger partial charge in [-0.1, -0.05) is 35.1 Å². The SMILES string of the molecule is COc1ccc([C@@H]2/C(=C(\O)c3ccc4c(c3)C[C@@H](C)O4)C(=O)C(=O)N2c2nc3ccc(Cl)cc3s2)cc1. The normalized spacial score (nSPS) is 20.4. The van der Waals surface area contributed by atoms with E-state index in [1.807, 2.05) is 13.0 Å². The van der Waals surface area contributed by atoms with Crippen molar-refractivity contribution in [1.29, 1.82) is 0 Å². The first-order chi connectivity index (χ1) is 17.8. The standard InChI is InChI=1S/C28H21ClN2O5S/c1-14-11-17-12-16(5-10-21(17)36-14)25(32)23-24(15-3-7-19(35-2)8-4-15)31(27(34)26(23)33)28-30-20-9-6-18(29)13-22(20)37-28/h3-10,12-14,24,32H,11H2,1-2H3/b25-23+/t14-,24-/m1/s1. The first-order valence-electron chi connectivity index (χ1n) is 11.6. The molecule has 0 radical (unpaired) electrons. The van der Waals surface area contributed by atoms with Crippen LogP contribution in [0.15, 0.2) is 66.2 Å². The highest BCUT2D eigenvalue weighted by Gasteiger charge is 2.48. The fraction of sp³-hybridized carbons (Fsp3) is 0.179. The van der Waals surface area contributed by atoms with E-state index in [-0.39, 0.29) is 17.4 Å². The van der Waals surface area contributed by atoms with E-state index in [9.17, 15) is 14.7 Å². The molecular formula is C28H21ClN2O5S. The zero-order valence-electron chi connectivity index (χ0n) is 19.9. The minimum atomic E-state index is -0.884. The molecule has 1 fully saturated rings. The third kappa shape index (κ3) is 3.93. The number of aliphatic hydroxyl groups excluding tert-OH is 1. The van der Waals surface area contributed by atoms with Crippen molar-refractivity contribution in [1.82, 2.24) is 4.98 Å². The lowest BCUT2D eigenvalue weighted by molar-refractivity contribution is -0.132. The number of aliphatic hydroxyl groups is 1. The lowest BCUT2D eigenvalue weighted by atomic mass is 9.94. The van der Waals surface area contributed by atoms with Gasteiger partial charge in [-0.05, 0) is 66.6 Å². The quantitative estimate of drug-likeness (QED) is 0.200. The fourth-order valence-corrected chi connectivity index (χ4v) is 6.11. The van der Waals surface area contributed by atoms with Crippen molar-refractivity contribution in [2.75, 3.05) is 12.0 Å². The van der Waals surface area contributed by atoms with Gasteiger partial charge in [-0.3, -0.25) is 14.5 Å². The first kappa shape index (κ1) is 23.5. The van der Waals surface area contributed by atoms with E-state index in [4.69, 9.17) is 21.1 Å². The van der Waals surface area contributed by atoms with Crippen LogP contribution in [-0.2, 0) is 16.0 Å². The lowest BCUT2D eigenvalue weighted by Gasteiger charge is -2.23. The van der Waals surface area contributed by atoms with Crippen molar-refractivity contribution in [2.45, 2.75) is 25.5 Å². The summed E-state index contributed by atoms with van der Waals surface area (Å²) in [7, 11) is 1.56. The molecule has 9 heteroatoms. The van der Waals surface area contributed by atoms with Crippen LogP contribution in [0.5, 0.6) is 11.5 Å². The summed E-state index contributed by atoms with van der Waals surface area (Å²) in [6.07, 6.45) is 0.728. The largest absolute Gasteiger partial charge is 0.507 e. The molecule has 37 heavy (non-hydrogen) atoms. The van der Waals surface area contributed by atoms with Crippen molar-refractivity contribution in [3.8, 4) is 11.5 Å². The molecule has 3 heterocycles. The third-order valence-electron chi connectivity index (χ3n) is 6.59. The smallest absolute Gasteiger partial charge is 0.301 e. The summed E-state index contributed by atoms with van der Waals surface area (Å²) in [6.45, 7) is 1.97. The molecular weight excluding hydrogens is 512 g/mol. The number of fused-ring (bicyclic) bond motifs is 2. The highest BCUT2D eigenvalue weighted by atomic mass is 35.5. The predicted octanol–water partition coefficient (Wildman–Crippen LogP) is 5.91. The molecule has 7 nitrogen and oxygen atoms in total. The number of methoxy groups -OCH3 is 1. The number of rotatable bonds is 4. The van der Waals surface area contributed by atoms with Gasteiger partial charge in [-0.25, -0.2) is 4.98 Å². The van der Waals surface area contributed by atoms with E-state index >= 15 is 0 Å². The average molecular weight is 533 g/mol. The number of benzene rings is 3. The van der Waals surface area contributed by atoms with Gasteiger partial charge in [0.1, 0.15) is 23.4 Å². The molecule has 186 valence electrons. The van der Waals surface area contributed by atoms with Crippen molar-refractivity contribution >= 4 is 55.7 Å². The Labute approximate surface area is 221 Å². The lowest BCUT2D eigenvalue weighted by Crippen LogP contribution is -2.29. The van der Waals surface area contributed by atoms with E-state index in [0.29, 0.717) is 39.0 Å². The molecule has 0 bridgehead atoms. The van der Waals surface area contributed by atoms with Gasteiger partial charge < -0.3 is 14.6 Å². The summed E-state index contributed by atoms with van der Waals surface area (Å²) in [5, 5.41) is 12.3. The fourth-order valence-electron chi connectivity index (χ4n) is 4.85. The molecule has 0 saturated carbocycles. The van der Waals surface area contributed by atoms with Crippen molar-refractivity contribution in [3.05, 3.63) is 87.9 Å². The highest BCUT2D eigenvalue weighted by molar-refractivity contribution is 7.22. The Morgan fingerprint density at radius 2 is 1.92 bits per heavy atom. The zero-order chi connectivity index (χ0) is 25.8. The molecule has 3 aromatic carbocycles. The number of Topliss-reactive ketones (excluding diaryl/α,β-unsaturated/α-hetero) is 1. The molecule has 6 rings (SSSR count). The van der Waals surface area contributed by atoms with Crippen molar-refractivity contribution in [3.63, 3.8) is 0 Å². The van der Waals surface area contributed by atoms with Gasteiger partial charge in [0.15, 0.2) is 5.13 Å². The minimum Gasteiger partial charge on any atom is -0.507 e. The number of carbonyl (C=O) groups excluding carboxylic acids is 2. The molecule has 1 N–H and O–H groups in total. The molecule has 1 saturated heterocycles. The minimum absolute atomic E-state index is 0.000584. The van der Waals surface area contributed by atoms with Crippen LogP contribution >= 0.6 is 22.9 Å². The van der Waals surface area contributed by atoms with E-state index in [1.165, 1.54) is 16.2 Å². The molecule has 2 atom stereocenters. The van der Waals surface area contributed by atoms with Crippen LogP contribution in [0.25, 0.3) is 16.0 Å². The zero-order valence-corrected chi connectivity index (χ0v) is 21.5. The van der Waals surface area contributed by atoms with Gasteiger partial charge in [0, 0.05) is 17.0 Å². The van der Waals surface area contributed by atoms with E-state index in [2.05, 4.69) is 4.98 Å². The van der Waals surface area contributed by atoms with Gasteiger partial charge in [-0.15, -0.1) is 0 Å². The number of halogens is 1. The Morgan fingerprint density at radius 3 is 2.68 bits per heavy atom. The summed E-state index contributed by atoms with van der Waals surface area (Å²) in [6, 6.07) is 16.7. The summed E-state index contributed by atoms with van der Waals surface area (Å²) in [5.41, 5.74) is 2.68. The van der Waals surface area contributed by atoms with Crippen LogP contribution in [-0.4, -0.2) is 35.0 Å². The monoisotopic (exact) mass is 532 g/mol. The van der Waals surface area contributed by atoms with Crippen molar-refractivity contribution < 1.29 is 24.2 Å². The Balaban J connectivity index is 1.53. The van der Waals surface area contributed by atoms with Gasteiger partial charge in [-0.2, -0.15) is 0 Å². The average Bonchev–Trinajstić information content (AvgIpc) is 3.55. The van der Waals surface area contributed by atoms with Crippen molar-refractivity contribution in [2.24, 2.45) is 0 Å². The second kappa shape index (κ2) is 8.90. The summed E-state index contributed by atoms with van der Waals surface area (Å²) in [5.74, 6) is -0.396. The molecule has 2 aliphatic rings. The number of nitrogens with zero attached hydrogens (tertiary/aromatic N) is 2. The Morgan fingerprint density at radius 1 is 1.14 bits per heavy atom. The summed E-state index contributed by atoms with van der Waals surface area (Å²) >= 11 is 7.42. The first-order valence-corrected chi connectivity index (χ1v) is 12.8. The second-order valence-corrected chi connectivity index (χ2v) is 10.5. The molecule has 0 spiro atoms. The topological polar surface area (TPSA) is 89.0 Å². The maximum atomic E-state index is 13.5. The van der Waals surface area contributed by atoms with Crippen LogP contribution in [0.4, 0.5) is 5.13 Å². The second-order valence-electron chi connectivity index (χ2n) is 9.01. The molecule has 1 amide bonds. The number of ketones is 1. The molecule has 4 aromatic rings. The van der Waals surface area contributed by atoms with Crippen LogP contribution in [0.2, 0.25) is 5.02 Å². The number of anilines is 1. The number of aromatic nitrogens is 1. The highest BCUT2D eigenvalue weighted by Crippen LogP contribution is 2.45. The molecule has 0 aliphatic carbocycles. The van der Waals surface area contributed by atoms with Gasteiger partial charge in [0.05, 0.1) is 28.9 Å². The van der Waals surface area contributed by atoms with E-state index in [1.54, 1.807) is 61.7 Å².